The van der Waals surface area contributed by atoms with Gasteiger partial charge in [0, 0.05) is 9.49 Å². The van der Waals surface area contributed by atoms with E-state index < -0.39 is 19.0 Å². The lowest BCUT2D eigenvalue weighted by Crippen LogP contribution is -2.25. The van der Waals surface area contributed by atoms with Crippen molar-refractivity contribution in [3.8, 4) is 0 Å². The molecule has 1 rings (SSSR count). The van der Waals surface area contributed by atoms with Crippen LogP contribution in [-0.4, -0.2) is 17.8 Å². The van der Waals surface area contributed by atoms with Crippen molar-refractivity contribution in [2.45, 2.75) is 65.6 Å². The summed E-state index contributed by atoms with van der Waals surface area (Å²) in [6.07, 6.45) is 0. The van der Waals surface area contributed by atoms with E-state index >= 15 is 0 Å². The Balaban J connectivity index is 2.89. The maximum atomic E-state index is 13.6. The van der Waals surface area contributed by atoms with Crippen molar-refractivity contribution in [1.82, 2.24) is 0 Å². The van der Waals surface area contributed by atoms with Gasteiger partial charge in [-0.05, 0) is 87.9 Å². The molecule has 0 aliphatic carbocycles. The maximum absolute atomic E-state index is 13.6. The van der Waals surface area contributed by atoms with Gasteiger partial charge < -0.3 is 0 Å². The van der Waals surface area contributed by atoms with Crippen molar-refractivity contribution < 1.29 is 22.5 Å². The monoisotopic (exact) mass is 472 g/mol. The highest BCUT2D eigenvalue weighted by Gasteiger charge is 2.37. The van der Waals surface area contributed by atoms with Crippen LogP contribution in [0.3, 0.4) is 0 Å². The lowest BCUT2D eigenvalue weighted by Gasteiger charge is -2.31. The van der Waals surface area contributed by atoms with E-state index in [2.05, 4.69) is 22.6 Å². The van der Waals surface area contributed by atoms with Crippen LogP contribution in [0.4, 0.5) is 4.39 Å². The first-order valence-electron chi connectivity index (χ1n) is 7.81. The number of hydrogen-bond acceptors (Lipinski definition) is 4. The van der Waals surface area contributed by atoms with E-state index in [1.807, 2.05) is 13.0 Å². The van der Waals surface area contributed by atoms with E-state index in [1.54, 1.807) is 41.5 Å². The number of halogens is 2. The molecule has 0 radical (unpaired) electrons. The fourth-order valence-electron chi connectivity index (χ4n) is 1.90. The van der Waals surface area contributed by atoms with Crippen molar-refractivity contribution in [3.05, 3.63) is 33.1 Å². The summed E-state index contributed by atoms with van der Waals surface area (Å²) in [4.78, 5) is 0. The largest absolute Gasteiger partial charge is 0.475 e. The Hall–Kier alpha value is -0.0100. The van der Waals surface area contributed by atoms with E-state index in [1.165, 1.54) is 12.1 Å². The average Bonchev–Trinajstić information content (AvgIpc) is 2.30. The summed E-state index contributed by atoms with van der Waals surface area (Å²) in [5.41, 5.74) is -0.589. The lowest BCUT2D eigenvalue weighted by atomic mass is 10.0. The first-order valence-corrected chi connectivity index (χ1v) is 10.4. The fraction of sp³-hybridized carbons (Fsp3) is 0.647. The van der Waals surface area contributed by atoms with E-state index in [0.717, 1.165) is 9.13 Å². The maximum Gasteiger partial charge on any atom is 0.475 e. The van der Waals surface area contributed by atoms with Crippen molar-refractivity contribution in [3.63, 3.8) is 0 Å². The third-order valence-electron chi connectivity index (χ3n) is 2.71. The van der Waals surface area contributed by atoms with E-state index in [9.17, 15) is 8.96 Å². The second-order valence-corrected chi connectivity index (χ2v) is 10.5. The van der Waals surface area contributed by atoms with E-state index in [-0.39, 0.29) is 18.3 Å². The molecule has 0 aromatic heterocycles. The first kappa shape index (κ1) is 22.0. The van der Waals surface area contributed by atoms with Gasteiger partial charge in [0.05, 0.1) is 17.8 Å². The van der Waals surface area contributed by atoms with Crippen LogP contribution < -0.4 is 0 Å². The van der Waals surface area contributed by atoms with Crippen molar-refractivity contribution in [2.75, 3.05) is 6.61 Å². The zero-order valence-corrected chi connectivity index (χ0v) is 18.4. The Kier molecular flexibility index (Phi) is 7.46. The summed E-state index contributed by atoms with van der Waals surface area (Å²) in [6.45, 7) is 12.7. The molecule has 4 nitrogen and oxygen atoms in total. The van der Waals surface area contributed by atoms with Gasteiger partial charge in [-0.3, -0.25) is 13.6 Å². The Bertz CT molecular complexity index is 567. The second-order valence-electron chi connectivity index (χ2n) is 7.75. The van der Waals surface area contributed by atoms with Crippen LogP contribution in [0, 0.1) is 9.39 Å². The molecular formula is C17H27FIO4P. The molecule has 0 fully saturated rings. The molecule has 0 heterocycles. The molecule has 1 aromatic rings. The van der Waals surface area contributed by atoms with Crippen LogP contribution in [0.15, 0.2) is 18.2 Å². The van der Waals surface area contributed by atoms with Crippen molar-refractivity contribution in [1.29, 1.82) is 0 Å². The minimum absolute atomic E-state index is 0.100. The lowest BCUT2D eigenvalue weighted by molar-refractivity contribution is 0.00208. The van der Waals surface area contributed by atoms with Crippen molar-refractivity contribution in [2.24, 2.45) is 0 Å². The molecule has 0 amide bonds. The highest BCUT2D eigenvalue weighted by Crippen LogP contribution is 2.55. The molecule has 0 saturated carbocycles. The number of rotatable bonds is 6. The molecule has 7 heteroatoms. The Labute approximate surface area is 158 Å². The molecule has 0 N–H and O–H groups in total. The molecule has 1 aromatic carbocycles. The average molecular weight is 472 g/mol. The summed E-state index contributed by atoms with van der Waals surface area (Å²) in [6, 6.07) is 4.78. The third-order valence-corrected chi connectivity index (χ3v) is 5.34. The SMILES string of the molecule is C[C@H](COP(=O)(OC(C)(C)C)OC(C)(C)C)c1cc(F)cc(I)c1. The summed E-state index contributed by atoms with van der Waals surface area (Å²) in [7, 11) is -3.76. The highest BCUT2D eigenvalue weighted by atomic mass is 127. The molecule has 0 saturated heterocycles. The molecule has 24 heavy (non-hydrogen) atoms. The summed E-state index contributed by atoms with van der Waals surface area (Å²) in [5.74, 6) is -0.460. The molecule has 0 spiro atoms. The Morgan fingerprint density at radius 1 is 1.08 bits per heavy atom. The number of phosphoric acid groups is 1. The second kappa shape index (κ2) is 8.12. The number of hydrogen-bond donors (Lipinski definition) is 0. The van der Waals surface area contributed by atoms with Gasteiger partial charge in [0.25, 0.3) is 0 Å². The minimum Gasteiger partial charge on any atom is -0.286 e. The van der Waals surface area contributed by atoms with Gasteiger partial charge in [0.1, 0.15) is 5.82 Å². The van der Waals surface area contributed by atoms with Crippen LogP contribution in [0.2, 0.25) is 0 Å². The first-order chi connectivity index (χ1) is 10.7. The van der Waals surface area contributed by atoms with Gasteiger partial charge in [0.15, 0.2) is 0 Å². The zero-order valence-electron chi connectivity index (χ0n) is 15.4. The predicted molar refractivity (Wildman–Crippen MR) is 103 cm³/mol. The van der Waals surface area contributed by atoms with E-state index in [4.69, 9.17) is 13.6 Å². The smallest absolute Gasteiger partial charge is 0.286 e. The fourth-order valence-corrected chi connectivity index (χ4v) is 4.45. The standard InChI is InChI=1S/C17H27FIO4P/c1-12(13-8-14(18)10-15(19)9-13)11-21-24(20,22-16(2,3)4)23-17(5,6)7/h8-10,12H,11H2,1-7H3/t12-/m1/s1. The van der Waals surface area contributed by atoms with Gasteiger partial charge in [0.2, 0.25) is 0 Å². The molecular weight excluding hydrogens is 445 g/mol. The van der Waals surface area contributed by atoms with Crippen LogP contribution >= 0.6 is 30.4 Å². The quantitative estimate of drug-likeness (QED) is 0.361. The van der Waals surface area contributed by atoms with E-state index in [0.29, 0.717) is 0 Å². The predicted octanol–water partition coefficient (Wildman–Crippen LogP) is 6.29. The molecule has 1 atom stereocenters. The summed E-state index contributed by atoms with van der Waals surface area (Å²) < 4.78 is 44.0. The number of phosphoric ester groups is 1. The summed E-state index contributed by atoms with van der Waals surface area (Å²) in [5, 5.41) is 0. The van der Waals surface area contributed by atoms with Gasteiger partial charge in [-0.15, -0.1) is 0 Å². The zero-order chi connectivity index (χ0) is 18.8. The Morgan fingerprint density at radius 2 is 1.58 bits per heavy atom. The van der Waals surface area contributed by atoms with Gasteiger partial charge in [-0.25, -0.2) is 8.96 Å². The molecule has 0 bridgehead atoms. The molecule has 0 unspecified atom stereocenters. The third kappa shape index (κ3) is 8.39. The summed E-state index contributed by atoms with van der Waals surface area (Å²) >= 11 is 2.06. The van der Waals surface area contributed by atoms with Gasteiger partial charge >= 0.3 is 7.82 Å². The molecule has 0 aliphatic rings. The van der Waals surface area contributed by atoms with Crippen LogP contribution in [0.5, 0.6) is 0 Å². The molecule has 0 aliphatic heterocycles. The van der Waals surface area contributed by atoms with Gasteiger partial charge in [-0.1, -0.05) is 6.92 Å². The highest BCUT2D eigenvalue weighted by molar-refractivity contribution is 14.1. The normalized spacial score (nSPS) is 14.7. The minimum atomic E-state index is -3.76. The van der Waals surface area contributed by atoms with Crippen molar-refractivity contribution >= 4 is 30.4 Å². The number of benzene rings is 1. The van der Waals surface area contributed by atoms with Crippen LogP contribution in [-0.2, 0) is 18.1 Å². The van der Waals surface area contributed by atoms with Crippen LogP contribution in [0.1, 0.15) is 59.9 Å². The Morgan fingerprint density at radius 3 is 2.00 bits per heavy atom. The van der Waals surface area contributed by atoms with Crippen LogP contribution in [0.25, 0.3) is 0 Å². The molecule has 138 valence electrons. The van der Waals surface area contributed by atoms with Gasteiger partial charge in [-0.2, -0.15) is 0 Å². The topological polar surface area (TPSA) is 44.8 Å².